The number of ether oxygens (including phenoxy) is 2. The molecule has 3 unspecified atom stereocenters. The minimum absolute atomic E-state index is 0.297. The number of nitrogens with zero attached hydrogens (tertiary/aromatic N) is 1. The molecule has 6 nitrogen and oxygen atoms in total. The zero-order chi connectivity index (χ0) is 19.6. The zero-order valence-corrected chi connectivity index (χ0v) is 17.7. The molecule has 1 aliphatic carbocycles. The SMILES string of the molecule is CCNC(=NCc1ccc(OC)cc1OC)NC1CCCC(S(=O)CC)C1. The van der Waals surface area contributed by atoms with E-state index in [1.165, 1.54) is 0 Å². The lowest BCUT2D eigenvalue weighted by Crippen LogP contribution is -2.46. The molecule has 27 heavy (non-hydrogen) atoms. The minimum atomic E-state index is -0.722. The van der Waals surface area contributed by atoms with E-state index in [4.69, 9.17) is 14.5 Å². The fourth-order valence-electron chi connectivity index (χ4n) is 3.41. The van der Waals surface area contributed by atoms with Crippen LogP contribution >= 0.6 is 0 Å². The first kappa shape index (κ1) is 21.5. The maximum Gasteiger partial charge on any atom is 0.191 e. The van der Waals surface area contributed by atoms with Crippen molar-refractivity contribution in [1.82, 2.24) is 10.6 Å². The third-order valence-electron chi connectivity index (χ3n) is 4.87. The van der Waals surface area contributed by atoms with Crippen LogP contribution in [0.2, 0.25) is 0 Å². The molecular formula is C20H33N3O3S. The number of methoxy groups -OCH3 is 2. The smallest absolute Gasteiger partial charge is 0.191 e. The molecule has 2 rings (SSSR count). The molecular weight excluding hydrogens is 362 g/mol. The van der Waals surface area contributed by atoms with Crippen LogP contribution in [0, 0.1) is 0 Å². The maximum absolute atomic E-state index is 12.2. The van der Waals surface area contributed by atoms with Gasteiger partial charge < -0.3 is 20.1 Å². The third kappa shape index (κ3) is 6.41. The van der Waals surface area contributed by atoms with Gasteiger partial charge in [-0.15, -0.1) is 0 Å². The van der Waals surface area contributed by atoms with Gasteiger partial charge in [-0.3, -0.25) is 4.21 Å². The van der Waals surface area contributed by atoms with Crippen LogP contribution in [0.3, 0.4) is 0 Å². The molecule has 1 fully saturated rings. The lowest BCUT2D eigenvalue weighted by Gasteiger charge is -2.30. The summed E-state index contributed by atoms with van der Waals surface area (Å²) in [5, 5.41) is 7.15. The van der Waals surface area contributed by atoms with Gasteiger partial charge in [0, 0.05) is 46.0 Å². The van der Waals surface area contributed by atoms with Gasteiger partial charge >= 0.3 is 0 Å². The zero-order valence-electron chi connectivity index (χ0n) is 16.9. The minimum Gasteiger partial charge on any atom is -0.497 e. The average Bonchev–Trinajstić information content (AvgIpc) is 2.71. The molecule has 1 aromatic rings. The van der Waals surface area contributed by atoms with E-state index in [9.17, 15) is 4.21 Å². The summed E-state index contributed by atoms with van der Waals surface area (Å²) < 4.78 is 22.9. The van der Waals surface area contributed by atoms with Crippen LogP contribution in [0.5, 0.6) is 11.5 Å². The molecule has 0 saturated heterocycles. The Labute approximate surface area is 165 Å². The molecule has 7 heteroatoms. The van der Waals surface area contributed by atoms with Crippen molar-refractivity contribution in [2.75, 3.05) is 26.5 Å². The summed E-state index contributed by atoms with van der Waals surface area (Å²) in [6.45, 7) is 5.37. The van der Waals surface area contributed by atoms with Gasteiger partial charge in [-0.05, 0) is 38.3 Å². The summed E-state index contributed by atoms with van der Waals surface area (Å²) in [7, 11) is 2.57. The lowest BCUT2D eigenvalue weighted by atomic mass is 9.95. The second-order valence-corrected chi connectivity index (χ2v) is 8.68. The van der Waals surface area contributed by atoms with E-state index in [1.807, 2.05) is 25.1 Å². The van der Waals surface area contributed by atoms with Gasteiger partial charge in [0.2, 0.25) is 0 Å². The van der Waals surface area contributed by atoms with Crippen molar-refractivity contribution < 1.29 is 13.7 Å². The molecule has 3 atom stereocenters. The number of nitrogens with one attached hydrogen (secondary N) is 2. The van der Waals surface area contributed by atoms with Crippen LogP contribution in [-0.4, -0.2) is 48.0 Å². The number of aliphatic imine (C=N–C) groups is 1. The van der Waals surface area contributed by atoms with Gasteiger partial charge in [-0.1, -0.05) is 13.3 Å². The molecule has 0 bridgehead atoms. The Bertz CT molecular complexity index is 651. The quantitative estimate of drug-likeness (QED) is 0.523. The second-order valence-electron chi connectivity index (χ2n) is 6.67. The van der Waals surface area contributed by atoms with Crippen LogP contribution < -0.4 is 20.1 Å². The molecule has 1 saturated carbocycles. The highest BCUT2D eigenvalue weighted by Gasteiger charge is 2.26. The number of guanidine groups is 1. The predicted molar refractivity (Wildman–Crippen MR) is 112 cm³/mol. The van der Waals surface area contributed by atoms with E-state index in [2.05, 4.69) is 17.6 Å². The van der Waals surface area contributed by atoms with Gasteiger partial charge in [0.05, 0.1) is 20.8 Å². The highest BCUT2D eigenvalue weighted by molar-refractivity contribution is 7.85. The Hall–Kier alpha value is -1.76. The Morgan fingerprint density at radius 1 is 1.26 bits per heavy atom. The van der Waals surface area contributed by atoms with Gasteiger partial charge in [0.15, 0.2) is 5.96 Å². The van der Waals surface area contributed by atoms with Crippen LogP contribution in [-0.2, 0) is 17.3 Å². The number of benzene rings is 1. The molecule has 1 aliphatic rings. The lowest BCUT2D eigenvalue weighted by molar-refractivity contribution is 0.391. The summed E-state index contributed by atoms with van der Waals surface area (Å²) in [4.78, 5) is 4.73. The first-order valence-electron chi connectivity index (χ1n) is 9.74. The fraction of sp³-hybridized carbons (Fsp3) is 0.650. The molecule has 0 amide bonds. The summed E-state index contributed by atoms with van der Waals surface area (Å²) in [5.41, 5.74) is 1.00. The van der Waals surface area contributed by atoms with E-state index in [1.54, 1.807) is 14.2 Å². The van der Waals surface area contributed by atoms with E-state index >= 15 is 0 Å². The summed E-state index contributed by atoms with van der Waals surface area (Å²) in [6.07, 6.45) is 4.21. The normalized spacial score (nSPS) is 21.4. The van der Waals surface area contributed by atoms with Gasteiger partial charge in [0.1, 0.15) is 11.5 Å². The van der Waals surface area contributed by atoms with Crippen LogP contribution in [0.1, 0.15) is 45.1 Å². The molecule has 0 aliphatic heterocycles. The monoisotopic (exact) mass is 395 g/mol. The van der Waals surface area contributed by atoms with E-state index in [0.717, 1.165) is 61.0 Å². The van der Waals surface area contributed by atoms with E-state index in [0.29, 0.717) is 17.8 Å². The average molecular weight is 396 g/mol. The predicted octanol–water partition coefficient (Wildman–Crippen LogP) is 2.84. The van der Waals surface area contributed by atoms with E-state index in [-0.39, 0.29) is 0 Å². The standard InChI is InChI=1S/C20H33N3O3S/c1-5-21-20(23-16-8-7-9-18(12-16)27(24)6-2)22-14-15-10-11-17(25-3)13-19(15)26-4/h10-11,13,16,18H,5-9,12,14H2,1-4H3,(H2,21,22,23). The largest absolute Gasteiger partial charge is 0.497 e. The molecule has 0 heterocycles. The van der Waals surface area contributed by atoms with Gasteiger partial charge in [-0.2, -0.15) is 0 Å². The van der Waals surface area contributed by atoms with Crippen molar-refractivity contribution in [3.05, 3.63) is 23.8 Å². The molecule has 0 spiro atoms. The van der Waals surface area contributed by atoms with Crippen molar-refractivity contribution in [1.29, 1.82) is 0 Å². The van der Waals surface area contributed by atoms with Crippen LogP contribution in [0.25, 0.3) is 0 Å². The van der Waals surface area contributed by atoms with Crippen molar-refractivity contribution in [3.63, 3.8) is 0 Å². The first-order valence-corrected chi connectivity index (χ1v) is 11.1. The molecule has 2 N–H and O–H groups in total. The maximum atomic E-state index is 12.2. The van der Waals surface area contributed by atoms with Crippen molar-refractivity contribution >= 4 is 16.8 Å². The highest BCUT2D eigenvalue weighted by atomic mass is 32.2. The fourth-order valence-corrected chi connectivity index (χ4v) is 4.76. The topological polar surface area (TPSA) is 72.0 Å². The Balaban J connectivity index is 2.05. The van der Waals surface area contributed by atoms with Gasteiger partial charge in [-0.25, -0.2) is 4.99 Å². The summed E-state index contributed by atoms with van der Waals surface area (Å²) in [6, 6.07) is 6.08. The molecule has 0 radical (unpaired) electrons. The molecule has 0 aromatic heterocycles. The molecule has 152 valence electrons. The van der Waals surface area contributed by atoms with Crippen molar-refractivity contribution in [3.8, 4) is 11.5 Å². The Morgan fingerprint density at radius 2 is 2.07 bits per heavy atom. The molecule has 1 aromatic carbocycles. The first-order chi connectivity index (χ1) is 13.1. The van der Waals surface area contributed by atoms with Crippen LogP contribution in [0.15, 0.2) is 23.2 Å². The van der Waals surface area contributed by atoms with Crippen LogP contribution in [0.4, 0.5) is 0 Å². The summed E-state index contributed by atoms with van der Waals surface area (Å²) in [5.74, 6) is 3.07. The van der Waals surface area contributed by atoms with E-state index < -0.39 is 10.8 Å². The second kappa shape index (κ2) is 11.2. The van der Waals surface area contributed by atoms with Gasteiger partial charge in [0.25, 0.3) is 0 Å². The Kier molecular flexibility index (Phi) is 8.91. The van der Waals surface area contributed by atoms with Crippen molar-refractivity contribution in [2.45, 2.75) is 57.4 Å². The summed E-state index contributed by atoms with van der Waals surface area (Å²) >= 11 is 0. The Morgan fingerprint density at radius 3 is 2.74 bits per heavy atom. The van der Waals surface area contributed by atoms with Crippen molar-refractivity contribution in [2.24, 2.45) is 4.99 Å². The number of hydrogen-bond acceptors (Lipinski definition) is 4. The number of rotatable bonds is 8. The highest BCUT2D eigenvalue weighted by Crippen LogP contribution is 2.25. The third-order valence-corrected chi connectivity index (χ3v) is 6.61. The number of hydrogen-bond donors (Lipinski definition) is 2.